The van der Waals surface area contributed by atoms with Crippen LogP contribution in [0.2, 0.25) is 5.02 Å². The molecular weight excluding hydrogens is 488 g/mol. The van der Waals surface area contributed by atoms with E-state index in [4.69, 9.17) is 11.6 Å². The monoisotopic (exact) mass is 515 g/mol. The van der Waals surface area contributed by atoms with Crippen LogP contribution in [0, 0.1) is 11.6 Å². The van der Waals surface area contributed by atoms with Crippen molar-refractivity contribution in [2.24, 2.45) is 0 Å². The number of hydrogen-bond donors (Lipinski definition) is 1. The molecule has 34 heavy (non-hydrogen) atoms. The lowest BCUT2D eigenvalue weighted by molar-refractivity contribution is -0.139. The Morgan fingerprint density at radius 1 is 1.12 bits per heavy atom. The average Bonchev–Trinajstić information content (AvgIpc) is 2.76. The van der Waals surface area contributed by atoms with Gasteiger partial charge in [0.05, 0.1) is 11.9 Å². The summed E-state index contributed by atoms with van der Waals surface area (Å²) in [6, 6.07) is 8.31. The van der Waals surface area contributed by atoms with Crippen LogP contribution in [0.3, 0.4) is 0 Å². The molecule has 0 heterocycles. The van der Waals surface area contributed by atoms with Crippen LogP contribution in [-0.2, 0) is 26.2 Å². The van der Waals surface area contributed by atoms with Crippen molar-refractivity contribution < 1.29 is 26.8 Å². The van der Waals surface area contributed by atoms with Crippen LogP contribution in [0.25, 0.3) is 0 Å². The van der Waals surface area contributed by atoms with Gasteiger partial charge in [0.15, 0.2) is 11.6 Å². The highest BCUT2D eigenvalue weighted by molar-refractivity contribution is 7.92. The van der Waals surface area contributed by atoms with Gasteiger partial charge in [0.25, 0.3) is 0 Å². The number of anilines is 1. The quantitative estimate of drug-likeness (QED) is 0.462. The van der Waals surface area contributed by atoms with Crippen molar-refractivity contribution in [3.05, 3.63) is 64.7 Å². The molecule has 186 valence electrons. The predicted molar refractivity (Wildman–Crippen MR) is 128 cm³/mol. The summed E-state index contributed by atoms with van der Waals surface area (Å²) in [4.78, 5) is 27.3. The molecular formula is C23H28ClF2N3O4S. The lowest BCUT2D eigenvalue weighted by Crippen LogP contribution is -2.51. The van der Waals surface area contributed by atoms with Crippen molar-refractivity contribution in [3.8, 4) is 0 Å². The number of nitrogens with one attached hydrogen (secondary N) is 1. The van der Waals surface area contributed by atoms with Crippen LogP contribution in [0.15, 0.2) is 42.5 Å². The number of carbonyl (C=O) groups excluding carboxylic acids is 2. The molecule has 0 aliphatic heterocycles. The number of unbranched alkanes of at least 4 members (excludes halogenated alkanes) is 1. The highest BCUT2D eigenvalue weighted by Crippen LogP contribution is 2.22. The van der Waals surface area contributed by atoms with Gasteiger partial charge >= 0.3 is 0 Å². The number of sulfonamides is 1. The normalized spacial score (nSPS) is 12.2. The van der Waals surface area contributed by atoms with E-state index >= 15 is 0 Å². The third-order valence-electron chi connectivity index (χ3n) is 5.11. The Morgan fingerprint density at radius 3 is 2.41 bits per heavy atom. The van der Waals surface area contributed by atoms with E-state index < -0.39 is 46.1 Å². The molecule has 0 aliphatic rings. The second kappa shape index (κ2) is 12.1. The SMILES string of the molecule is CCCCNC(=O)C(C)N(Cc1cccc(Cl)c1)C(=O)CN(c1ccc(F)c(F)c1)S(C)(=O)=O. The summed E-state index contributed by atoms with van der Waals surface area (Å²) >= 11 is 6.05. The molecule has 0 aliphatic carbocycles. The Hall–Kier alpha value is -2.72. The zero-order chi connectivity index (χ0) is 25.5. The van der Waals surface area contributed by atoms with Crippen LogP contribution in [0.5, 0.6) is 0 Å². The number of amides is 2. The maximum atomic E-state index is 13.8. The predicted octanol–water partition coefficient (Wildman–Crippen LogP) is 3.72. The molecule has 11 heteroatoms. The molecule has 2 aromatic rings. The summed E-state index contributed by atoms with van der Waals surface area (Å²) in [5.41, 5.74) is 0.422. The summed E-state index contributed by atoms with van der Waals surface area (Å²) in [6.45, 7) is 3.21. The zero-order valence-electron chi connectivity index (χ0n) is 19.2. The van der Waals surface area contributed by atoms with Crippen LogP contribution in [-0.4, -0.2) is 50.5 Å². The highest BCUT2D eigenvalue weighted by atomic mass is 35.5. The Bertz CT molecular complexity index is 1130. The van der Waals surface area contributed by atoms with E-state index in [-0.39, 0.29) is 12.2 Å². The summed E-state index contributed by atoms with van der Waals surface area (Å²) in [6.07, 6.45) is 2.49. The molecule has 2 amide bonds. The first-order valence-electron chi connectivity index (χ1n) is 10.7. The maximum Gasteiger partial charge on any atom is 0.244 e. The van der Waals surface area contributed by atoms with Crippen molar-refractivity contribution in [1.29, 1.82) is 0 Å². The zero-order valence-corrected chi connectivity index (χ0v) is 20.8. The number of rotatable bonds is 11. The molecule has 0 saturated heterocycles. The molecule has 1 unspecified atom stereocenters. The summed E-state index contributed by atoms with van der Waals surface area (Å²) in [7, 11) is -4.04. The summed E-state index contributed by atoms with van der Waals surface area (Å²) in [5.74, 6) is -3.50. The first-order valence-corrected chi connectivity index (χ1v) is 12.9. The Balaban J connectivity index is 2.37. The first-order chi connectivity index (χ1) is 15.9. The number of benzene rings is 2. The molecule has 1 N–H and O–H groups in total. The van der Waals surface area contributed by atoms with Gasteiger partial charge in [-0.1, -0.05) is 37.1 Å². The van der Waals surface area contributed by atoms with Crippen LogP contribution < -0.4 is 9.62 Å². The minimum Gasteiger partial charge on any atom is -0.354 e. The van der Waals surface area contributed by atoms with Gasteiger partial charge in [-0.2, -0.15) is 0 Å². The number of nitrogens with zero attached hydrogens (tertiary/aromatic N) is 2. The van der Waals surface area contributed by atoms with E-state index in [2.05, 4.69) is 5.32 Å². The highest BCUT2D eigenvalue weighted by Gasteiger charge is 2.30. The molecule has 0 radical (unpaired) electrons. The first kappa shape index (κ1) is 27.5. The standard InChI is InChI=1S/C23H28ClF2N3O4S/c1-4-5-11-27-23(31)16(2)28(14-17-7-6-8-18(24)12-17)22(30)15-29(34(3,32)33)19-9-10-20(25)21(26)13-19/h6-10,12-13,16H,4-5,11,14-15H2,1-3H3,(H,27,31). The van der Waals surface area contributed by atoms with E-state index in [1.807, 2.05) is 6.92 Å². The van der Waals surface area contributed by atoms with Gasteiger partial charge in [0, 0.05) is 24.2 Å². The molecule has 0 bridgehead atoms. The molecule has 7 nitrogen and oxygen atoms in total. The Labute approximate surface area is 203 Å². The van der Waals surface area contributed by atoms with Crippen molar-refractivity contribution >= 4 is 39.1 Å². The molecule has 0 aromatic heterocycles. The fourth-order valence-electron chi connectivity index (χ4n) is 3.20. The van der Waals surface area contributed by atoms with Gasteiger partial charge in [-0.15, -0.1) is 0 Å². The minimum absolute atomic E-state index is 0.0167. The Kier molecular flexibility index (Phi) is 9.81. The minimum atomic E-state index is -4.04. The number of halogens is 3. The summed E-state index contributed by atoms with van der Waals surface area (Å²) in [5, 5.41) is 3.20. The molecule has 0 saturated carbocycles. The smallest absolute Gasteiger partial charge is 0.244 e. The van der Waals surface area contributed by atoms with Crippen LogP contribution in [0.4, 0.5) is 14.5 Å². The topological polar surface area (TPSA) is 86.8 Å². The van der Waals surface area contributed by atoms with E-state index in [9.17, 15) is 26.8 Å². The van der Waals surface area contributed by atoms with Crippen molar-refractivity contribution in [3.63, 3.8) is 0 Å². The van der Waals surface area contributed by atoms with Gasteiger partial charge < -0.3 is 10.2 Å². The largest absolute Gasteiger partial charge is 0.354 e. The lowest BCUT2D eigenvalue weighted by atomic mass is 10.1. The van der Waals surface area contributed by atoms with E-state index in [1.54, 1.807) is 24.3 Å². The second-order valence-corrected chi connectivity index (χ2v) is 10.2. The molecule has 2 aromatic carbocycles. The maximum absolute atomic E-state index is 13.8. The van der Waals surface area contributed by atoms with Crippen molar-refractivity contribution in [1.82, 2.24) is 10.2 Å². The van der Waals surface area contributed by atoms with Crippen molar-refractivity contribution in [2.45, 2.75) is 39.3 Å². The van der Waals surface area contributed by atoms with Gasteiger partial charge in [0.1, 0.15) is 12.6 Å². The fraction of sp³-hybridized carbons (Fsp3) is 0.391. The van der Waals surface area contributed by atoms with E-state index in [0.717, 1.165) is 31.2 Å². The molecule has 0 fully saturated rings. The molecule has 0 spiro atoms. The molecule has 2 rings (SSSR count). The third kappa shape index (κ3) is 7.66. The van der Waals surface area contributed by atoms with Gasteiger partial charge in [-0.3, -0.25) is 13.9 Å². The van der Waals surface area contributed by atoms with Crippen LogP contribution >= 0.6 is 11.6 Å². The van der Waals surface area contributed by atoms with E-state index in [1.165, 1.54) is 11.8 Å². The van der Waals surface area contributed by atoms with Gasteiger partial charge in [0.2, 0.25) is 21.8 Å². The fourth-order valence-corrected chi connectivity index (χ4v) is 4.26. The molecule has 1 atom stereocenters. The van der Waals surface area contributed by atoms with Gasteiger partial charge in [-0.05, 0) is 43.2 Å². The second-order valence-electron chi connectivity index (χ2n) is 7.84. The number of carbonyl (C=O) groups is 2. The van der Waals surface area contributed by atoms with Crippen molar-refractivity contribution in [2.75, 3.05) is 23.7 Å². The van der Waals surface area contributed by atoms with Gasteiger partial charge in [-0.25, -0.2) is 17.2 Å². The number of hydrogen-bond acceptors (Lipinski definition) is 4. The lowest BCUT2D eigenvalue weighted by Gasteiger charge is -2.31. The Morgan fingerprint density at radius 2 is 1.82 bits per heavy atom. The van der Waals surface area contributed by atoms with E-state index in [0.29, 0.717) is 27.5 Å². The summed E-state index contributed by atoms with van der Waals surface area (Å²) < 4.78 is 52.6. The van der Waals surface area contributed by atoms with Crippen LogP contribution in [0.1, 0.15) is 32.3 Å². The third-order valence-corrected chi connectivity index (χ3v) is 6.48. The average molecular weight is 516 g/mol.